The third-order valence-electron chi connectivity index (χ3n) is 3.90. The van der Waals surface area contributed by atoms with Crippen LogP contribution in [0.5, 0.6) is 5.88 Å². The van der Waals surface area contributed by atoms with Gasteiger partial charge in [-0.15, -0.1) is 0 Å². The molecule has 2 N–H and O–H groups in total. The molecule has 0 aromatic carbocycles. The molecule has 112 valence electrons. The van der Waals surface area contributed by atoms with Crippen molar-refractivity contribution in [3.8, 4) is 5.88 Å². The van der Waals surface area contributed by atoms with Crippen LogP contribution < -0.4 is 10.5 Å². The quantitative estimate of drug-likeness (QED) is 0.657. The summed E-state index contributed by atoms with van der Waals surface area (Å²) in [6.45, 7) is 2.14. The first-order chi connectivity index (χ1) is 9.47. The van der Waals surface area contributed by atoms with Gasteiger partial charge >= 0.3 is 5.69 Å². The summed E-state index contributed by atoms with van der Waals surface area (Å²) in [6.07, 6.45) is 5.69. The Labute approximate surface area is 118 Å². The second-order valence-corrected chi connectivity index (χ2v) is 5.55. The van der Waals surface area contributed by atoms with Crippen LogP contribution in [-0.2, 0) is 13.5 Å². The smallest absolute Gasteiger partial charge is 0.353 e. The Morgan fingerprint density at radius 2 is 2.10 bits per heavy atom. The minimum atomic E-state index is -0.425. The minimum absolute atomic E-state index is 0.0330. The number of rotatable bonds is 5. The zero-order chi connectivity index (χ0) is 14.8. The van der Waals surface area contributed by atoms with E-state index in [9.17, 15) is 10.1 Å². The molecule has 1 aliphatic rings. The molecular formula is C13H22N4O3. The fourth-order valence-corrected chi connectivity index (χ4v) is 2.75. The lowest BCUT2D eigenvalue weighted by molar-refractivity contribution is -0.386. The van der Waals surface area contributed by atoms with E-state index in [1.807, 2.05) is 6.92 Å². The highest BCUT2D eigenvalue weighted by Gasteiger charge is 2.32. The highest BCUT2D eigenvalue weighted by molar-refractivity contribution is 5.46. The Hall–Kier alpha value is -1.63. The summed E-state index contributed by atoms with van der Waals surface area (Å²) in [5.74, 6) is 0.210. The molecule has 1 aromatic rings. The maximum atomic E-state index is 11.2. The van der Waals surface area contributed by atoms with Crippen LogP contribution in [0.3, 0.4) is 0 Å². The Kier molecular flexibility index (Phi) is 4.27. The fourth-order valence-electron chi connectivity index (χ4n) is 2.75. The number of nitrogens with zero attached hydrogens (tertiary/aromatic N) is 3. The Balaban J connectivity index is 2.16. The molecule has 0 amide bonds. The van der Waals surface area contributed by atoms with Crippen LogP contribution in [0.25, 0.3) is 0 Å². The predicted octanol–water partition coefficient (Wildman–Crippen LogP) is 1.93. The van der Waals surface area contributed by atoms with Crippen molar-refractivity contribution >= 4 is 5.69 Å². The van der Waals surface area contributed by atoms with Gasteiger partial charge in [0.25, 0.3) is 5.88 Å². The number of nitro groups is 1. The third-order valence-corrected chi connectivity index (χ3v) is 3.90. The molecule has 0 saturated heterocycles. The molecule has 0 spiro atoms. The van der Waals surface area contributed by atoms with Gasteiger partial charge < -0.3 is 10.5 Å². The van der Waals surface area contributed by atoms with E-state index < -0.39 is 4.92 Å². The van der Waals surface area contributed by atoms with Crippen molar-refractivity contribution in [3.05, 3.63) is 15.8 Å². The highest BCUT2D eigenvalue weighted by Crippen LogP contribution is 2.33. The Morgan fingerprint density at radius 1 is 1.45 bits per heavy atom. The number of aromatic nitrogens is 2. The fraction of sp³-hybridized carbons (Fsp3) is 0.769. The lowest BCUT2D eigenvalue weighted by Gasteiger charge is -2.32. The van der Waals surface area contributed by atoms with Crippen molar-refractivity contribution in [2.45, 2.75) is 51.0 Å². The highest BCUT2D eigenvalue weighted by atomic mass is 16.6. The van der Waals surface area contributed by atoms with Gasteiger partial charge in [-0.1, -0.05) is 26.2 Å². The first kappa shape index (κ1) is 14.8. The van der Waals surface area contributed by atoms with Crippen molar-refractivity contribution in [1.82, 2.24) is 9.78 Å². The lowest BCUT2D eigenvalue weighted by Crippen LogP contribution is -2.47. The molecular weight excluding hydrogens is 260 g/mol. The number of nitrogens with two attached hydrogens (primary N) is 1. The topological polar surface area (TPSA) is 96.2 Å². The van der Waals surface area contributed by atoms with Crippen LogP contribution >= 0.6 is 0 Å². The van der Waals surface area contributed by atoms with Crippen LogP contribution in [0.4, 0.5) is 5.69 Å². The van der Waals surface area contributed by atoms with Crippen molar-refractivity contribution in [2.24, 2.45) is 12.8 Å². The molecule has 1 saturated carbocycles. The Bertz CT molecular complexity index is 492. The first-order valence-corrected chi connectivity index (χ1v) is 7.09. The SMILES string of the molecule is CCc1nn(C)c(OCC2(N)CCCCC2)c1[N+](=O)[O-]. The van der Waals surface area contributed by atoms with E-state index >= 15 is 0 Å². The second kappa shape index (κ2) is 5.78. The predicted molar refractivity (Wildman–Crippen MR) is 74.7 cm³/mol. The molecule has 0 radical (unpaired) electrons. The molecule has 7 heteroatoms. The monoisotopic (exact) mass is 282 g/mol. The maximum Gasteiger partial charge on any atom is 0.353 e. The van der Waals surface area contributed by atoms with Gasteiger partial charge in [-0.05, 0) is 19.3 Å². The standard InChI is InChI=1S/C13H22N4O3/c1-3-10-11(17(18)19)12(16(2)15-10)20-9-13(14)7-5-4-6-8-13/h3-9,14H2,1-2H3. The summed E-state index contributed by atoms with van der Waals surface area (Å²) in [7, 11) is 1.66. The molecule has 0 bridgehead atoms. The summed E-state index contributed by atoms with van der Waals surface area (Å²) in [4.78, 5) is 10.8. The zero-order valence-electron chi connectivity index (χ0n) is 12.1. The van der Waals surface area contributed by atoms with Crippen molar-refractivity contribution in [1.29, 1.82) is 0 Å². The lowest BCUT2D eigenvalue weighted by atomic mass is 9.83. The van der Waals surface area contributed by atoms with Crippen LogP contribution in [0.1, 0.15) is 44.7 Å². The second-order valence-electron chi connectivity index (χ2n) is 5.55. The molecule has 1 aromatic heterocycles. The zero-order valence-corrected chi connectivity index (χ0v) is 12.1. The molecule has 1 aliphatic carbocycles. The summed E-state index contributed by atoms with van der Waals surface area (Å²) in [5, 5.41) is 15.3. The van der Waals surface area contributed by atoms with E-state index in [4.69, 9.17) is 10.5 Å². The van der Waals surface area contributed by atoms with E-state index in [2.05, 4.69) is 5.10 Å². The molecule has 0 unspecified atom stereocenters. The molecule has 20 heavy (non-hydrogen) atoms. The average molecular weight is 282 g/mol. The summed E-state index contributed by atoms with van der Waals surface area (Å²) in [5.41, 5.74) is 6.34. The van der Waals surface area contributed by atoms with Crippen molar-refractivity contribution in [3.63, 3.8) is 0 Å². The third kappa shape index (κ3) is 2.92. The molecule has 1 heterocycles. The van der Waals surface area contributed by atoms with Crippen LogP contribution in [0, 0.1) is 10.1 Å². The summed E-state index contributed by atoms with van der Waals surface area (Å²) in [6, 6.07) is 0. The molecule has 2 rings (SSSR count). The van der Waals surface area contributed by atoms with Gasteiger partial charge in [-0.3, -0.25) is 10.1 Å². The van der Waals surface area contributed by atoms with Crippen LogP contribution in [-0.4, -0.2) is 26.8 Å². The number of ether oxygens (including phenoxy) is 1. The van der Waals surface area contributed by atoms with E-state index in [0.29, 0.717) is 18.7 Å². The van der Waals surface area contributed by atoms with E-state index in [0.717, 1.165) is 25.7 Å². The van der Waals surface area contributed by atoms with Crippen LogP contribution in [0.2, 0.25) is 0 Å². The van der Waals surface area contributed by atoms with Crippen LogP contribution in [0.15, 0.2) is 0 Å². The minimum Gasteiger partial charge on any atom is -0.471 e. The largest absolute Gasteiger partial charge is 0.471 e. The van der Waals surface area contributed by atoms with Gasteiger partial charge in [0.2, 0.25) is 0 Å². The summed E-state index contributed by atoms with van der Waals surface area (Å²) < 4.78 is 7.12. The molecule has 7 nitrogen and oxygen atoms in total. The first-order valence-electron chi connectivity index (χ1n) is 7.09. The average Bonchev–Trinajstić information content (AvgIpc) is 2.74. The number of aryl methyl sites for hydroxylation is 2. The molecule has 1 fully saturated rings. The van der Waals surface area contributed by atoms with Gasteiger partial charge in [0.15, 0.2) is 0 Å². The van der Waals surface area contributed by atoms with Gasteiger partial charge in [0, 0.05) is 7.05 Å². The number of hydrogen-bond acceptors (Lipinski definition) is 5. The normalized spacial score (nSPS) is 17.9. The molecule has 0 atom stereocenters. The van der Waals surface area contributed by atoms with E-state index in [-0.39, 0.29) is 17.1 Å². The summed E-state index contributed by atoms with van der Waals surface area (Å²) >= 11 is 0. The van der Waals surface area contributed by atoms with E-state index in [1.165, 1.54) is 11.1 Å². The molecule has 0 aliphatic heterocycles. The number of hydrogen-bond donors (Lipinski definition) is 1. The maximum absolute atomic E-state index is 11.2. The van der Waals surface area contributed by atoms with Crippen molar-refractivity contribution in [2.75, 3.05) is 6.61 Å². The Morgan fingerprint density at radius 3 is 2.65 bits per heavy atom. The van der Waals surface area contributed by atoms with Crippen molar-refractivity contribution < 1.29 is 9.66 Å². The van der Waals surface area contributed by atoms with Gasteiger partial charge in [0.05, 0.1) is 10.5 Å². The van der Waals surface area contributed by atoms with Gasteiger partial charge in [-0.2, -0.15) is 5.10 Å². The van der Waals surface area contributed by atoms with Gasteiger partial charge in [-0.25, -0.2) is 4.68 Å². The van der Waals surface area contributed by atoms with E-state index in [1.54, 1.807) is 7.05 Å². The van der Waals surface area contributed by atoms with Gasteiger partial charge in [0.1, 0.15) is 12.3 Å².